The predicted octanol–water partition coefficient (Wildman–Crippen LogP) is 0.784. The van der Waals surface area contributed by atoms with Gasteiger partial charge in [-0.25, -0.2) is 0 Å². The fourth-order valence-electron chi connectivity index (χ4n) is 0. The monoisotopic (exact) mass is 312 g/mol. The molecule has 0 aliphatic rings. The SMILES string of the molecule is C[Se].[CH3][Hg]. The molecule has 2 heteroatoms. The molecule has 0 atom stereocenters. The van der Waals surface area contributed by atoms with Crippen molar-refractivity contribution in [1.29, 1.82) is 0 Å². The molecule has 0 saturated heterocycles. The summed E-state index contributed by atoms with van der Waals surface area (Å²) in [4.78, 5) is 0. The van der Waals surface area contributed by atoms with Crippen LogP contribution in [-0.4, -0.2) is 16.0 Å². The average molecular weight is 310 g/mol. The Morgan fingerprint density at radius 2 is 1.25 bits per heavy atom. The van der Waals surface area contributed by atoms with Crippen LogP contribution in [0.2, 0.25) is 10.3 Å². The summed E-state index contributed by atoms with van der Waals surface area (Å²) < 4.78 is 2.19. The van der Waals surface area contributed by atoms with Crippen LogP contribution < -0.4 is 0 Å². The zero-order valence-electron chi connectivity index (χ0n) is 3.12. The molecule has 0 fully saturated rings. The van der Waals surface area contributed by atoms with Crippen molar-refractivity contribution < 1.29 is 26.1 Å². The van der Waals surface area contributed by atoms with Crippen LogP contribution in [0.4, 0.5) is 0 Å². The van der Waals surface area contributed by atoms with Crippen LogP contribution in [0.15, 0.2) is 0 Å². The Labute approximate surface area is 52.1 Å². The summed E-state index contributed by atoms with van der Waals surface area (Å²) >= 11 is 3.65. The summed E-state index contributed by atoms with van der Waals surface area (Å²) in [6, 6.07) is 0. The van der Waals surface area contributed by atoms with Crippen molar-refractivity contribution in [2.24, 2.45) is 0 Å². The van der Waals surface area contributed by atoms with E-state index in [2.05, 4.69) is 20.4 Å². The summed E-state index contributed by atoms with van der Waals surface area (Å²) in [5, 5.41) is 0. The van der Waals surface area contributed by atoms with Crippen LogP contribution >= 0.6 is 0 Å². The number of hydrogen-bond acceptors (Lipinski definition) is 0. The summed E-state index contributed by atoms with van der Waals surface area (Å²) in [6.07, 6.45) is 0. The van der Waals surface area contributed by atoms with E-state index in [-0.39, 0.29) is 0 Å². The molecule has 0 spiro atoms. The molecule has 0 rings (SSSR count). The summed E-state index contributed by atoms with van der Waals surface area (Å²) in [6.45, 7) is 0. The standard InChI is InChI=1S/CH3Se.CH3.Hg/c1-2;;/h1H3;1H3;. The minimum atomic E-state index is 1.03. The molecule has 0 bridgehead atoms. The van der Waals surface area contributed by atoms with Gasteiger partial charge in [0.05, 0.1) is 0 Å². The average Bonchev–Trinajstić information content (AvgIpc) is 1.50. The molecule has 0 aliphatic heterocycles. The second kappa shape index (κ2) is 25.1. The van der Waals surface area contributed by atoms with Gasteiger partial charge in [0.2, 0.25) is 0 Å². The van der Waals surface area contributed by atoms with Gasteiger partial charge >= 0.3 is 52.4 Å². The summed E-state index contributed by atoms with van der Waals surface area (Å²) in [5.74, 6) is 1.88. The van der Waals surface area contributed by atoms with Gasteiger partial charge in [-0.2, -0.15) is 0 Å². The van der Waals surface area contributed by atoms with Gasteiger partial charge in [0.15, 0.2) is 0 Å². The van der Waals surface area contributed by atoms with Crippen LogP contribution in [0.1, 0.15) is 0 Å². The van der Waals surface area contributed by atoms with Gasteiger partial charge in [0.1, 0.15) is 0 Å². The van der Waals surface area contributed by atoms with Gasteiger partial charge in [-0.1, -0.05) is 0 Å². The fourth-order valence-corrected chi connectivity index (χ4v) is 0. The first-order valence-electron chi connectivity index (χ1n) is 1.12. The zero-order chi connectivity index (χ0) is 4.00. The van der Waals surface area contributed by atoms with Gasteiger partial charge in [-0.15, -0.1) is 0 Å². The Kier molecular flexibility index (Phi) is 57.0. The molecular formula is C2H6HgSe. The quantitative estimate of drug-likeness (QED) is 0.580. The van der Waals surface area contributed by atoms with Crippen molar-refractivity contribution in [2.45, 2.75) is 10.3 Å². The van der Waals surface area contributed by atoms with Crippen molar-refractivity contribution in [1.82, 2.24) is 0 Å². The van der Waals surface area contributed by atoms with E-state index in [1.807, 2.05) is 5.82 Å². The Bertz CT molecular complexity index is 6.00. The molecular weight excluding hydrogens is 304 g/mol. The molecule has 0 unspecified atom stereocenters. The van der Waals surface area contributed by atoms with E-state index >= 15 is 0 Å². The Morgan fingerprint density at radius 3 is 1.25 bits per heavy atom. The molecule has 0 N–H and O–H groups in total. The molecule has 1 radical (unpaired) electrons. The second-order valence-corrected chi connectivity index (χ2v) is 0. The van der Waals surface area contributed by atoms with Crippen molar-refractivity contribution in [3.05, 3.63) is 0 Å². The van der Waals surface area contributed by atoms with Gasteiger partial charge in [-0.05, 0) is 0 Å². The molecule has 0 aromatic heterocycles. The van der Waals surface area contributed by atoms with Crippen molar-refractivity contribution in [2.75, 3.05) is 0 Å². The first kappa shape index (κ1) is 9.07. The maximum absolute atomic E-state index is 2.62. The van der Waals surface area contributed by atoms with E-state index in [1.54, 1.807) is 0 Å². The van der Waals surface area contributed by atoms with E-state index in [1.165, 1.54) is 0 Å². The van der Waals surface area contributed by atoms with Crippen LogP contribution in [-0.2, 0) is 26.1 Å². The Morgan fingerprint density at radius 1 is 1.25 bits per heavy atom. The van der Waals surface area contributed by atoms with Gasteiger partial charge in [0.25, 0.3) is 0 Å². The third-order valence-corrected chi connectivity index (χ3v) is 0. The van der Waals surface area contributed by atoms with Gasteiger partial charge < -0.3 is 0 Å². The van der Waals surface area contributed by atoms with Crippen molar-refractivity contribution in [3.8, 4) is 0 Å². The molecule has 0 aliphatic carbocycles. The molecule has 0 heterocycles. The topological polar surface area (TPSA) is 0 Å². The van der Waals surface area contributed by atoms with E-state index in [0.29, 0.717) is 0 Å². The molecule has 0 amide bonds. The fraction of sp³-hybridized carbons (Fsp3) is 1.00. The van der Waals surface area contributed by atoms with Crippen LogP contribution in [0.25, 0.3) is 0 Å². The predicted molar refractivity (Wildman–Crippen MR) is 17.5 cm³/mol. The van der Waals surface area contributed by atoms with Gasteiger partial charge in [0, 0.05) is 0 Å². The van der Waals surface area contributed by atoms with Crippen molar-refractivity contribution in [3.63, 3.8) is 0 Å². The third kappa shape index (κ3) is 9.84. The summed E-state index contributed by atoms with van der Waals surface area (Å²) in [5.41, 5.74) is 0. The maximum atomic E-state index is 2.62. The van der Waals surface area contributed by atoms with Gasteiger partial charge in [-0.3, -0.25) is 0 Å². The van der Waals surface area contributed by atoms with E-state index < -0.39 is 0 Å². The van der Waals surface area contributed by atoms with Crippen molar-refractivity contribution >= 4 is 16.0 Å². The van der Waals surface area contributed by atoms with Crippen LogP contribution in [0, 0.1) is 0 Å². The first-order valence-corrected chi connectivity index (χ1v) is 8.33. The zero-order valence-corrected chi connectivity index (χ0v) is 10.3. The first-order chi connectivity index (χ1) is 2.00. The minimum absolute atomic E-state index is 1.03. The molecule has 0 saturated carbocycles. The van der Waals surface area contributed by atoms with E-state index in [4.69, 9.17) is 0 Å². The molecule has 0 aromatic rings. The van der Waals surface area contributed by atoms with E-state index in [9.17, 15) is 0 Å². The normalized spacial score (nSPS) is 3.25. The second-order valence-electron chi connectivity index (χ2n) is 0. The molecule has 4 heavy (non-hydrogen) atoms. The third-order valence-electron chi connectivity index (χ3n) is 0. The number of rotatable bonds is 0. The van der Waals surface area contributed by atoms with E-state index in [0.717, 1.165) is 26.1 Å². The molecule has 22 valence electrons. The van der Waals surface area contributed by atoms with Crippen LogP contribution in [0.3, 0.4) is 0 Å². The number of hydrogen-bond donors (Lipinski definition) is 0. The molecule has 0 nitrogen and oxygen atoms in total. The molecule has 0 aromatic carbocycles. The Hall–Kier alpha value is 1.45. The Balaban J connectivity index is 0. The summed E-state index contributed by atoms with van der Waals surface area (Å²) in [7, 11) is 0. The van der Waals surface area contributed by atoms with Crippen LogP contribution in [0.5, 0.6) is 0 Å².